The quantitative estimate of drug-likeness (QED) is 0.677. The van der Waals surface area contributed by atoms with Crippen LogP contribution in [0.25, 0.3) is 0 Å². The molecular weight excluding hydrogens is 336 g/mol. The molecule has 0 fully saturated rings. The summed E-state index contributed by atoms with van der Waals surface area (Å²) in [5.74, 6) is 0.663. The number of rotatable bonds is 3. The van der Waals surface area contributed by atoms with Gasteiger partial charge in [-0.3, -0.25) is 9.36 Å². The lowest BCUT2D eigenvalue weighted by Gasteiger charge is -2.28. The van der Waals surface area contributed by atoms with Crippen molar-refractivity contribution in [3.63, 3.8) is 0 Å². The van der Waals surface area contributed by atoms with Gasteiger partial charge in [0.05, 0.1) is 18.3 Å². The van der Waals surface area contributed by atoms with Crippen LogP contribution in [0.2, 0.25) is 0 Å². The maximum Gasteiger partial charge on any atom is 0.257 e. The van der Waals surface area contributed by atoms with Crippen LogP contribution in [0.15, 0.2) is 65.5 Å². The Morgan fingerprint density at radius 3 is 2.19 bits per heavy atom. The predicted molar refractivity (Wildman–Crippen MR) is 103 cm³/mol. The Labute approximate surface area is 158 Å². The Hall–Kier alpha value is -3.39. The summed E-state index contributed by atoms with van der Waals surface area (Å²) in [5.41, 5.74) is 3.54. The zero-order chi connectivity index (χ0) is 18.8. The first kappa shape index (κ1) is 17.0. The van der Waals surface area contributed by atoms with Crippen molar-refractivity contribution in [1.29, 1.82) is 5.26 Å². The fourth-order valence-corrected chi connectivity index (χ4v) is 3.77. The van der Waals surface area contributed by atoms with Gasteiger partial charge in [0.2, 0.25) is 0 Å². The van der Waals surface area contributed by atoms with Gasteiger partial charge in [-0.25, -0.2) is 4.98 Å². The molecular formula is C22H20N4O. The third-order valence-electron chi connectivity index (χ3n) is 5.07. The van der Waals surface area contributed by atoms with Crippen LogP contribution in [0.4, 0.5) is 0 Å². The van der Waals surface area contributed by atoms with E-state index in [1.807, 2.05) is 67.6 Å². The van der Waals surface area contributed by atoms with Crippen molar-refractivity contribution in [2.75, 3.05) is 6.54 Å². The third-order valence-corrected chi connectivity index (χ3v) is 5.07. The molecule has 0 radical (unpaired) electrons. The highest BCUT2D eigenvalue weighted by atomic mass is 16.1. The zero-order valence-electron chi connectivity index (χ0n) is 15.2. The first-order valence-electron chi connectivity index (χ1n) is 9.04. The van der Waals surface area contributed by atoms with Gasteiger partial charge >= 0.3 is 0 Å². The Bertz CT molecular complexity index is 1010. The maximum absolute atomic E-state index is 13.4. The number of hydrogen-bond acceptors (Lipinski definition) is 4. The van der Waals surface area contributed by atoms with Gasteiger partial charge in [0.1, 0.15) is 5.82 Å². The number of nitriles is 1. The minimum Gasteiger partial charge on any atom is -0.304 e. The van der Waals surface area contributed by atoms with Crippen LogP contribution in [0.1, 0.15) is 34.3 Å². The van der Waals surface area contributed by atoms with E-state index < -0.39 is 0 Å². The minimum absolute atomic E-state index is 0.00667. The van der Waals surface area contributed by atoms with Gasteiger partial charge in [-0.2, -0.15) is 5.26 Å². The number of fused-ring (bicyclic) bond motifs is 1. The molecule has 1 aliphatic heterocycles. The van der Waals surface area contributed by atoms with Crippen LogP contribution in [0, 0.1) is 18.4 Å². The van der Waals surface area contributed by atoms with Crippen molar-refractivity contribution in [2.24, 2.45) is 0 Å². The molecule has 5 nitrogen and oxygen atoms in total. The van der Waals surface area contributed by atoms with E-state index in [4.69, 9.17) is 10.2 Å². The van der Waals surface area contributed by atoms with Crippen molar-refractivity contribution in [2.45, 2.75) is 25.9 Å². The zero-order valence-corrected chi connectivity index (χ0v) is 15.2. The summed E-state index contributed by atoms with van der Waals surface area (Å²) in [6, 6.07) is 19.8. The second-order valence-corrected chi connectivity index (χ2v) is 6.75. The first-order chi connectivity index (χ1) is 13.2. The minimum atomic E-state index is -0.230. The van der Waals surface area contributed by atoms with Crippen LogP contribution in [-0.2, 0) is 13.0 Å². The summed E-state index contributed by atoms with van der Waals surface area (Å²) >= 11 is 0. The van der Waals surface area contributed by atoms with Crippen molar-refractivity contribution in [3.05, 3.63) is 99.2 Å². The molecule has 2 heterocycles. The number of nitrogens with zero attached hydrogens (tertiary/aromatic N) is 4. The topological polar surface area (TPSA) is 61.9 Å². The lowest BCUT2D eigenvalue weighted by Crippen LogP contribution is -2.38. The van der Waals surface area contributed by atoms with Gasteiger partial charge in [-0.05, 0) is 24.5 Å². The van der Waals surface area contributed by atoms with Crippen LogP contribution in [-0.4, -0.2) is 21.0 Å². The average molecular weight is 356 g/mol. The molecule has 4 rings (SSSR count). The molecule has 0 bridgehead atoms. The van der Waals surface area contributed by atoms with E-state index in [1.54, 1.807) is 9.47 Å². The van der Waals surface area contributed by atoms with Crippen molar-refractivity contribution < 1.29 is 0 Å². The van der Waals surface area contributed by atoms with Gasteiger partial charge in [0.15, 0.2) is 6.19 Å². The summed E-state index contributed by atoms with van der Waals surface area (Å²) in [7, 11) is 0. The SMILES string of the molecule is Cc1nc2c(c(=O)n1C(c1ccccc1)c1ccccc1)CCN(C#N)C2. The van der Waals surface area contributed by atoms with Crippen LogP contribution < -0.4 is 5.56 Å². The van der Waals surface area contributed by atoms with Crippen LogP contribution in [0.3, 0.4) is 0 Å². The summed E-state index contributed by atoms with van der Waals surface area (Å²) < 4.78 is 1.80. The fourth-order valence-electron chi connectivity index (χ4n) is 3.77. The summed E-state index contributed by atoms with van der Waals surface area (Å²) in [6.07, 6.45) is 2.70. The number of hydrogen-bond donors (Lipinski definition) is 0. The predicted octanol–water partition coefficient (Wildman–Crippen LogP) is 3.03. The molecule has 0 aliphatic carbocycles. The van der Waals surface area contributed by atoms with E-state index >= 15 is 0 Å². The largest absolute Gasteiger partial charge is 0.304 e. The lowest BCUT2D eigenvalue weighted by atomic mass is 9.97. The van der Waals surface area contributed by atoms with E-state index in [0.29, 0.717) is 25.3 Å². The van der Waals surface area contributed by atoms with E-state index in [2.05, 4.69) is 6.19 Å². The van der Waals surface area contributed by atoms with Crippen LogP contribution >= 0.6 is 0 Å². The van der Waals surface area contributed by atoms with Gasteiger partial charge in [-0.15, -0.1) is 0 Å². The smallest absolute Gasteiger partial charge is 0.257 e. The van der Waals surface area contributed by atoms with E-state index in [9.17, 15) is 4.79 Å². The molecule has 2 aromatic carbocycles. The van der Waals surface area contributed by atoms with Crippen molar-refractivity contribution in [1.82, 2.24) is 14.5 Å². The van der Waals surface area contributed by atoms with E-state index in [1.165, 1.54) is 0 Å². The lowest BCUT2D eigenvalue weighted by molar-refractivity contribution is 0.355. The normalized spacial score (nSPS) is 13.3. The molecule has 0 spiro atoms. The highest BCUT2D eigenvalue weighted by Gasteiger charge is 2.26. The molecule has 3 aromatic rings. The standard InChI is InChI=1S/C22H20N4O/c1-16-24-20-14-25(15-23)13-12-19(20)22(27)26(16)21(17-8-4-2-5-9-17)18-10-6-3-7-11-18/h2-11,21H,12-14H2,1H3. The van der Waals surface area contributed by atoms with Gasteiger partial charge in [-0.1, -0.05) is 60.7 Å². The maximum atomic E-state index is 13.4. The Morgan fingerprint density at radius 1 is 1.04 bits per heavy atom. The fraction of sp³-hybridized carbons (Fsp3) is 0.227. The number of aryl methyl sites for hydroxylation is 1. The highest BCUT2D eigenvalue weighted by Crippen LogP contribution is 2.27. The molecule has 0 saturated heterocycles. The molecule has 0 saturated carbocycles. The summed E-state index contributed by atoms with van der Waals surface area (Å²) in [5, 5.41) is 9.16. The monoisotopic (exact) mass is 356 g/mol. The average Bonchev–Trinajstić information content (AvgIpc) is 2.72. The Kier molecular flexibility index (Phi) is 4.47. The van der Waals surface area contributed by atoms with E-state index in [0.717, 1.165) is 22.4 Å². The molecule has 1 aromatic heterocycles. The highest BCUT2D eigenvalue weighted by molar-refractivity contribution is 5.35. The van der Waals surface area contributed by atoms with Gasteiger partial charge in [0.25, 0.3) is 5.56 Å². The third kappa shape index (κ3) is 3.11. The van der Waals surface area contributed by atoms with Crippen molar-refractivity contribution >= 4 is 0 Å². The number of aromatic nitrogens is 2. The summed E-state index contributed by atoms with van der Waals surface area (Å²) in [4.78, 5) is 19.8. The van der Waals surface area contributed by atoms with Gasteiger partial charge < -0.3 is 4.90 Å². The van der Waals surface area contributed by atoms with Crippen LogP contribution in [0.5, 0.6) is 0 Å². The van der Waals surface area contributed by atoms with E-state index in [-0.39, 0.29) is 11.6 Å². The Balaban J connectivity index is 1.92. The van der Waals surface area contributed by atoms with Crippen molar-refractivity contribution in [3.8, 4) is 6.19 Å². The van der Waals surface area contributed by atoms with Gasteiger partial charge in [0, 0.05) is 12.1 Å². The molecule has 0 amide bonds. The second kappa shape index (κ2) is 7.08. The molecule has 134 valence electrons. The molecule has 5 heteroatoms. The first-order valence-corrected chi connectivity index (χ1v) is 9.04. The molecule has 27 heavy (non-hydrogen) atoms. The summed E-state index contributed by atoms with van der Waals surface area (Å²) in [6.45, 7) is 2.83. The molecule has 0 N–H and O–H groups in total. The number of benzene rings is 2. The molecule has 1 aliphatic rings. The molecule has 0 atom stereocenters. The Morgan fingerprint density at radius 2 is 1.63 bits per heavy atom. The molecule has 0 unspecified atom stereocenters. The second-order valence-electron chi connectivity index (χ2n) is 6.75.